The Morgan fingerprint density at radius 2 is 2.32 bits per heavy atom. The molecule has 1 unspecified atom stereocenters. The van der Waals surface area contributed by atoms with Crippen molar-refractivity contribution < 1.29 is 0 Å². The zero-order valence-electron chi connectivity index (χ0n) is 10.8. The first-order valence-corrected chi connectivity index (χ1v) is 7.89. The lowest BCUT2D eigenvalue weighted by Crippen LogP contribution is -2.22. The fourth-order valence-corrected chi connectivity index (χ4v) is 4.26. The molecule has 0 saturated carbocycles. The molecule has 0 fully saturated rings. The molecule has 0 saturated heterocycles. The van der Waals surface area contributed by atoms with Crippen molar-refractivity contribution in [1.82, 2.24) is 25.5 Å². The SMILES string of the molecule is CCNC(Cc1nnn(C)n1)c1cc2sccc2s1. The van der Waals surface area contributed by atoms with Gasteiger partial charge in [0.25, 0.3) is 0 Å². The number of likely N-dealkylation sites (N-methyl/N-ethyl adjacent to an activating group) is 1. The second-order valence-corrected chi connectivity index (χ2v) is 6.37. The number of hydrogen-bond donors (Lipinski definition) is 1. The van der Waals surface area contributed by atoms with E-state index in [1.54, 1.807) is 18.4 Å². The molecule has 0 aliphatic rings. The second-order valence-electron chi connectivity index (χ2n) is 4.31. The lowest BCUT2D eigenvalue weighted by molar-refractivity contribution is 0.542. The van der Waals surface area contributed by atoms with Gasteiger partial charge in [-0.2, -0.15) is 4.80 Å². The largest absolute Gasteiger partial charge is 0.309 e. The van der Waals surface area contributed by atoms with Crippen molar-refractivity contribution in [2.75, 3.05) is 6.54 Å². The summed E-state index contributed by atoms with van der Waals surface area (Å²) < 4.78 is 2.71. The van der Waals surface area contributed by atoms with Gasteiger partial charge in [-0.15, -0.1) is 32.9 Å². The zero-order chi connectivity index (χ0) is 13.2. The Balaban J connectivity index is 1.85. The topological polar surface area (TPSA) is 55.6 Å². The van der Waals surface area contributed by atoms with Gasteiger partial charge in [-0.3, -0.25) is 0 Å². The van der Waals surface area contributed by atoms with Crippen LogP contribution in [0.25, 0.3) is 9.40 Å². The number of tetrazole rings is 1. The van der Waals surface area contributed by atoms with Crippen LogP contribution in [-0.2, 0) is 13.5 Å². The fraction of sp³-hybridized carbons (Fsp3) is 0.417. The summed E-state index contributed by atoms with van der Waals surface area (Å²) in [4.78, 5) is 2.85. The molecule has 0 aliphatic carbocycles. The maximum Gasteiger partial charge on any atom is 0.176 e. The second kappa shape index (κ2) is 5.36. The van der Waals surface area contributed by atoms with E-state index in [9.17, 15) is 0 Å². The third kappa shape index (κ3) is 2.68. The monoisotopic (exact) mass is 293 g/mol. The normalized spacial score (nSPS) is 13.2. The summed E-state index contributed by atoms with van der Waals surface area (Å²) in [7, 11) is 1.79. The Hall–Kier alpha value is -1.31. The number of nitrogens with one attached hydrogen (secondary N) is 1. The third-order valence-corrected chi connectivity index (χ3v) is 5.10. The molecule has 0 aliphatic heterocycles. The van der Waals surface area contributed by atoms with Crippen LogP contribution in [0.2, 0.25) is 0 Å². The van der Waals surface area contributed by atoms with Gasteiger partial charge < -0.3 is 5.32 Å². The molecule has 0 radical (unpaired) electrons. The van der Waals surface area contributed by atoms with Crippen LogP contribution in [0.1, 0.15) is 23.7 Å². The van der Waals surface area contributed by atoms with Crippen LogP contribution in [0.15, 0.2) is 17.5 Å². The standard InChI is InChI=1S/C12H15N5S2/c1-3-13-8(6-12-14-16-17(2)15-12)10-7-11-9(19-10)4-5-18-11/h4-5,7-8,13H,3,6H2,1-2H3. The minimum atomic E-state index is 0.263. The van der Waals surface area contributed by atoms with E-state index in [1.807, 2.05) is 11.3 Å². The van der Waals surface area contributed by atoms with E-state index in [2.05, 4.69) is 45.2 Å². The molecule has 7 heteroatoms. The summed E-state index contributed by atoms with van der Waals surface area (Å²) in [5.74, 6) is 0.783. The smallest absolute Gasteiger partial charge is 0.176 e. The summed E-state index contributed by atoms with van der Waals surface area (Å²) >= 11 is 3.63. The number of nitrogens with zero attached hydrogens (tertiary/aromatic N) is 4. The van der Waals surface area contributed by atoms with E-state index in [-0.39, 0.29) is 6.04 Å². The molecule has 3 heterocycles. The zero-order valence-corrected chi connectivity index (χ0v) is 12.5. The van der Waals surface area contributed by atoms with Gasteiger partial charge in [0, 0.05) is 26.7 Å². The molecule has 3 aromatic rings. The van der Waals surface area contributed by atoms with Crippen molar-refractivity contribution in [3.05, 3.63) is 28.2 Å². The quantitative estimate of drug-likeness (QED) is 0.784. The van der Waals surface area contributed by atoms with Gasteiger partial charge in [-0.25, -0.2) is 0 Å². The summed E-state index contributed by atoms with van der Waals surface area (Å²) in [6, 6.07) is 4.71. The van der Waals surface area contributed by atoms with Gasteiger partial charge in [0.1, 0.15) is 0 Å². The fourth-order valence-electron chi connectivity index (χ4n) is 2.06. The lowest BCUT2D eigenvalue weighted by Gasteiger charge is -2.13. The predicted octanol–water partition coefficient (Wildman–Crippen LogP) is 2.38. The molecule has 5 nitrogen and oxygen atoms in total. The van der Waals surface area contributed by atoms with Gasteiger partial charge in [-0.05, 0) is 29.3 Å². The molecule has 19 heavy (non-hydrogen) atoms. The highest BCUT2D eigenvalue weighted by molar-refractivity contribution is 7.26. The number of hydrogen-bond acceptors (Lipinski definition) is 6. The maximum atomic E-state index is 4.26. The highest BCUT2D eigenvalue weighted by Crippen LogP contribution is 2.34. The van der Waals surface area contributed by atoms with Gasteiger partial charge in [0.2, 0.25) is 0 Å². The van der Waals surface area contributed by atoms with Crippen molar-refractivity contribution in [3.8, 4) is 0 Å². The van der Waals surface area contributed by atoms with E-state index in [0.717, 1.165) is 18.8 Å². The van der Waals surface area contributed by atoms with Crippen molar-refractivity contribution >= 4 is 32.1 Å². The molecule has 100 valence electrons. The first-order valence-electron chi connectivity index (χ1n) is 6.19. The molecule has 0 amide bonds. The van der Waals surface area contributed by atoms with Crippen LogP contribution in [-0.4, -0.2) is 26.8 Å². The molecular formula is C12H15N5S2. The van der Waals surface area contributed by atoms with Crippen LogP contribution >= 0.6 is 22.7 Å². The average Bonchev–Trinajstić information content (AvgIpc) is 3.03. The molecule has 3 aromatic heterocycles. The van der Waals surface area contributed by atoms with Crippen LogP contribution < -0.4 is 5.32 Å². The molecular weight excluding hydrogens is 278 g/mol. The Bertz CT molecular complexity index is 640. The summed E-state index contributed by atoms with van der Waals surface area (Å²) in [5.41, 5.74) is 0. The van der Waals surface area contributed by atoms with Crippen molar-refractivity contribution in [2.45, 2.75) is 19.4 Å². The Morgan fingerprint density at radius 1 is 1.42 bits per heavy atom. The number of fused-ring (bicyclic) bond motifs is 1. The molecule has 0 spiro atoms. The molecule has 3 rings (SSSR count). The van der Waals surface area contributed by atoms with Crippen molar-refractivity contribution in [1.29, 1.82) is 0 Å². The molecule has 1 atom stereocenters. The third-order valence-electron chi connectivity index (χ3n) is 2.89. The maximum absolute atomic E-state index is 4.26. The number of aryl methyl sites for hydroxylation is 1. The molecule has 0 bridgehead atoms. The van der Waals surface area contributed by atoms with Gasteiger partial charge in [0.15, 0.2) is 5.82 Å². The van der Waals surface area contributed by atoms with Crippen LogP contribution in [0.5, 0.6) is 0 Å². The van der Waals surface area contributed by atoms with E-state index in [0.29, 0.717) is 0 Å². The van der Waals surface area contributed by atoms with Gasteiger partial charge in [-0.1, -0.05) is 6.92 Å². The Morgan fingerprint density at radius 3 is 3.00 bits per heavy atom. The van der Waals surface area contributed by atoms with Crippen LogP contribution in [0.4, 0.5) is 0 Å². The summed E-state index contributed by atoms with van der Waals surface area (Å²) in [5, 5.41) is 17.9. The minimum Gasteiger partial charge on any atom is -0.309 e. The summed E-state index contributed by atoms with van der Waals surface area (Å²) in [6.07, 6.45) is 0.773. The Labute approximate surface area is 119 Å². The van der Waals surface area contributed by atoms with E-state index in [4.69, 9.17) is 0 Å². The van der Waals surface area contributed by atoms with Gasteiger partial charge >= 0.3 is 0 Å². The Kier molecular flexibility index (Phi) is 3.58. The highest BCUT2D eigenvalue weighted by Gasteiger charge is 2.17. The van der Waals surface area contributed by atoms with Crippen molar-refractivity contribution in [2.24, 2.45) is 7.05 Å². The first kappa shape index (κ1) is 12.7. The van der Waals surface area contributed by atoms with E-state index < -0.39 is 0 Å². The average molecular weight is 293 g/mol. The van der Waals surface area contributed by atoms with Gasteiger partial charge in [0.05, 0.1) is 7.05 Å². The summed E-state index contributed by atoms with van der Waals surface area (Å²) in [6.45, 7) is 3.05. The number of thiophene rings is 2. The highest BCUT2D eigenvalue weighted by atomic mass is 32.1. The van der Waals surface area contributed by atoms with E-state index >= 15 is 0 Å². The molecule has 0 aromatic carbocycles. The minimum absolute atomic E-state index is 0.263. The first-order chi connectivity index (χ1) is 9.26. The number of rotatable bonds is 5. The predicted molar refractivity (Wildman–Crippen MR) is 78.6 cm³/mol. The van der Waals surface area contributed by atoms with Crippen molar-refractivity contribution in [3.63, 3.8) is 0 Å². The van der Waals surface area contributed by atoms with Crippen LogP contribution in [0, 0.1) is 0 Å². The van der Waals surface area contributed by atoms with E-state index in [1.165, 1.54) is 19.1 Å². The number of aromatic nitrogens is 4. The van der Waals surface area contributed by atoms with Crippen LogP contribution in [0.3, 0.4) is 0 Å². The molecule has 1 N–H and O–H groups in total. The lowest BCUT2D eigenvalue weighted by atomic mass is 10.1.